The second-order valence-electron chi connectivity index (χ2n) is 5.02. The number of halogens is 1. The maximum atomic E-state index is 11.0. The van der Waals surface area contributed by atoms with Crippen LogP contribution in [0.15, 0.2) is 22.7 Å². The predicted octanol–water partition coefficient (Wildman–Crippen LogP) is 1.85. The average Bonchev–Trinajstić information content (AvgIpc) is 2.16. The van der Waals surface area contributed by atoms with Gasteiger partial charge in [0.2, 0.25) is 0 Å². The Balaban J connectivity index is 2.12. The minimum Gasteiger partial charge on any atom is -0.487 e. The summed E-state index contributed by atoms with van der Waals surface area (Å²) in [6.45, 7) is 3.40. The minimum absolute atomic E-state index is 0.0761. The molecule has 1 aliphatic rings. The first kappa shape index (κ1) is 13.8. The summed E-state index contributed by atoms with van der Waals surface area (Å²) in [6, 6.07) is 5.29. The van der Waals surface area contributed by atoms with Crippen molar-refractivity contribution in [1.82, 2.24) is 0 Å². The molecule has 0 radical (unpaired) electrons. The molecule has 1 saturated heterocycles. The smallest absolute Gasteiger partial charge is 0.157 e. The summed E-state index contributed by atoms with van der Waals surface area (Å²) >= 11 is 3.36. The monoisotopic (exact) mass is 334 g/mol. The Morgan fingerprint density at radius 3 is 2.44 bits per heavy atom. The Morgan fingerprint density at radius 2 is 2.00 bits per heavy atom. The van der Waals surface area contributed by atoms with E-state index in [1.54, 1.807) is 32.0 Å². The maximum absolute atomic E-state index is 11.0. The first-order valence-corrected chi connectivity index (χ1v) is 8.18. The number of hydrogen-bond acceptors (Lipinski definition) is 4. The molecular formula is C12H15BrO4S. The van der Waals surface area contributed by atoms with Crippen molar-refractivity contribution < 1.29 is 18.3 Å². The van der Waals surface area contributed by atoms with Crippen LogP contribution in [0.3, 0.4) is 0 Å². The van der Waals surface area contributed by atoms with Crippen LogP contribution >= 0.6 is 15.9 Å². The lowest BCUT2D eigenvalue weighted by Gasteiger charge is -2.27. The largest absolute Gasteiger partial charge is 0.487 e. The molecule has 6 heteroatoms. The van der Waals surface area contributed by atoms with Crippen molar-refractivity contribution in [3.05, 3.63) is 28.2 Å². The van der Waals surface area contributed by atoms with Crippen LogP contribution in [0.1, 0.15) is 19.4 Å². The van der Waals surface area contributed by atoms with Crippen molar-refractivity contribution in [3.8, 4) is 5.75 Å². The number of ether oxygens (including phenoxy) is 1. The summed E-state index contributed by atoms with van der Waals surface area (Å²) in [5.41, 5.74) is -0.149. The molecule has 18 heavy (non-hydrogen) atoms. The Hall–Kier alpha value is -0.590. The van der Waals surface area contributed by atoms with E-state index in [9.17, 15) is 13.5 Å². The normalized spacial score (nSPS) is 19.3. The summed E-state index contributed by atoms with van der Waals surface area (Å²) in [5, 5.41) is 9.87. The topological polar surface area (TPSA) is 63.6 Å². The van der Waals surface area contributed by atoms with E-state index >= 15 is 0 Å². The van der Waals surface area contributed by atoms with Gasteiger partial charge < -0.3 is 9.84 Å². The van der Waals surface area contributed by atoms with Gasteiger partial charge in [0.1, 0.15) is 11.9 Å². The van der Waals surface area contributed by atoms with E-state index in [4.69, 9.17) is 4.74 Å². The summed E-state index contributed by atoms with van der Waals surface area (Å²) in [6.07, 6.45) is -0.265. The van der Waals surface area contributed by atoms with E-state index in [0.29, 0.717) is 10.2 Å². The van der Waals surface area contributed by atoms with Crippen molar-refractivity contribution in [3.63, 3.8) is 0 Å². The molecule has 0 saturated carbocycles. The highest BCUT2D eigenvalue weighted by atomic mass is 79.9. The molecule has 0 amide bonds. The molecule has 2 rings (SSSR count). The second kappa shape index (κ2) is 4.51. The first-order chi connectivity index (χ1) is 8.17. The van der Waals surface area contributed by atoms with E-state index < -0.39 is 15.4 Å². The molecule has 1 aromatic carbocycles. The van der Waals surface area contributed by atoms with E-state index in [2.05, 4.69) is 15.9 Å². The van der Waals surface area contributed by atoms with Gasteiger partial charge in [-0.1, -0.05) is 6.07 Å². The fourth-order valence-electron chi connectivity index (χ4n) is 1.74. The quantitative estimate of drug-likeness (QED) is 0.916. The summed E-state index contributed by atoms with van der Waals surface area (Å²) < 4.78 is 28.4. The molecule has 1 fully saturated rings. The summed E-state index contributed by atoms with van der Waals surface area (Å²) in [4.78, 5) is 0. The molecule has 0 bridgehead atoms. The molecule has 0 aromatic heterocycles. The molecule has 1 aliphatic heterocycles. The van der Waals surface area contributed by atoms with Gasteiger partial charge in [-0.05, 0) is 47.5 Å². The lowest BCUT2D eigenvalue weighted by molar-refractivity contribution is 0.0784. The zero-order chi connectivity index (χ0) is 13.6. The van der Waals surface area contributed by atoms with Gasteiger partial charge in [-0.15, -0.1) is 0 Å². The first-order valence-electron chi connectivity index (χ1n) is 5.57. The fraction of sp³-hybridized carbons (Fsp3) is 0.500. The zero-order valence-electron chi connectivity index (χ0n) is 10.2. The Labute approximate surface area is 115 Å². The van der Waals surface area contributed by atoms with E-state index in [1.807, 2.05) is 0 Å². The van der Waals surface area contributed by atoms with Crippen molar-refractivity contribution in [2.75, 3.05) is 11.5 Å². The molecule has 1 heterocycles. The van der Waals surface area contributed by atoms with Gasteiger partial charge in [-0.2, -0.15) is 0 Å². The van der Waals surface area contributed by atoms with E-state index in [0.717, 1.165) is 5.56 Å². The summed E-state index contributed by atoms with van der Waals surface area (Å²) in [7, 11) is -2.88. The molecule has 1 N–H and O–H groups in total. The van der Waals surface area contributed by atoms with E-state index in [1.165, 1.54) is 0 Å². The van der Waals surface area contributed by atoms with Crippen molar-refractivity contribution in [1.29, 1.82) is 0 Å². The lowest BCUT2D eigenvalue weighted by Crippen LogP contribution is -2.45. The number of aliphatic hydroxyl groups is 1. The molecule has 0 spiro atoms. The highest BCUT2D eigenvalue weighted by Gasteiger charge is 2.35. The Bertz CT molecular complexity index is 548. The van der Waals surface area contributed by atoms with Crippen LogP contribution < -0.4 is 4.74 Å². The Morgan fingerprint density at radius 1 is 1.39 bits per heavy atom. The molecule has 0 aliphatic carbocycles. The number of benzene rings is 1. The second-order valence-corrected chi connectivity index (χ2v) is 8.03. The van der Waals surface area contributed by atoms with Crippen LogP contribution in [0.2, 0.25) is 0 Å². The van der Waals surface area contributed by atoms with E-state index in [-0.39, 0.29) is 17.6 Å². The molecule has 0 atom stereocenters. The fourth-order valence-corrected chi connectivity index (χ4v) is 3.39. The van der Waals surface area contributed by atoms with Gasteiger partial charge in [-0.25, -0.2) is 8.42 Å². The molecule has 4 nitrogen and oxygen atoms in total. The molecular weight excluding hydrogens is 320 g/mol. The van der Waals surface area contributed by atoms with Crippen LogP contribution in [0.5, 0.6) is 5.75 Å². The third-order valence-corrected chi connectivity index (χ3v) is 5.19. The molecule has 100 valence electrons. The average molecular weight is 335 g/mol. The van der Waals surface area contributed by atoms with Gasteiger partial charge >= 0.3 is 0 Å². The predicted molar refractivity (Wildman–Crippen MR) is 72.5 cm³/mol. The number of sulfone groups is 1. The van der Waals surface area contributed by atoms with Gasteiger partial charge in [0.15, 0.2) is 9.84 Å². The van der Waals surface area contributed by atoms with Crippen molar-refractivity contribution in [2.45, 2.75) is 25.6 Å². The minimum atomic E-state index is -2.88. The zero-order valence-corrected chi connectivity index (χ0v) is 12.6. The Kier molecular flexibility index (Phi) is 3.46. The van der Waals surface area contributed by atoms with Gasteiger partial charge in [0, 0.05) is 0 Å². The maximum Gasteiger partial charge on any atom is 0.157 e. The van der Waals surface area contributed by atoms with Crippen molar-refractivity contribution >= 4 is 25.8 Å². The lowest BCUT2D eigenvalue weighted by atomic mass is 9.99. The van der Waals surface area contributed by atoms with Crippen LogP contribution in [0.4, 0.5) is 0 Å². The SMILES string of the molecule is CC(C)(O)c1ccc(OC2CS(=O)(=O)C2)c(Br)c1. The highest BCUT2D eigenvalue weighted by molar-refractivity contribution is 9.10. The summed E-state index contributed by atoms with van der Waals surface area (Å²) in [5.74, 6) is 0.752. The third kappa shape index (κ3) is 3.05. The third-order valence-electron chi connectivity index (χ3n) is 2.81. The van der Waals surface area contributed by atoms with Crippen LogP contribution in [0.25, 0.3) is 0 Å². The molecule has 0 unspecified atom stereocenters. The number of hydrogen-bond donors (Lipinski definition) is 1. The molecule has 1 aromatic rings. The van der Waals surface area contributed by atoms with Crippen molar-refractivity contribution in [2.24, 2.45) is 0 Å². The van der Waals surface area contributed by atoms with Gasteiger partial charge in [0.25, 0.3) is 0 Å². The van der Waals surface area contributed by atoms with Crippen LogP contribution in [-0.4, -0.2) is 31.1 Å². The highest BCUT2D eigenvalue weighted by Crippen LogP contribution is 2.32. The van der Waals surface area contributed by atoms with Gasteiger partial charge in [0.05, 0.1) is 21.6 Å². The number of rotatable bonds is 3. The van der Waals surface area contributed by atoms with Crippen LogP contribution in [0, 0.1) is 0 Å². The van der Waals surface area contributed by atoms with Gasteiger partial charge in [-0.3, -0.25) is 0 Å². The standard InChI is InChI=1S/C12H15BrO4S/c1-12(2,14)8-3-4-11(10(13)5-8)17-9-6-18(15,16)7-9/h3-5,9,14H,6-7H2,1-2H3. The van der Waals surface area contributed by atoms with Crippen LogP contribution in [-0.2, 0) is 15.4 Å².